The number of ether oxygens (including phenoxy) is 2. The Morgan fingerprint density at radius 2 is 0.894 bits per heavy atom. The molecule has 4 aromatic rings. The van der Waals surface area contributed by atoms with Crippen LogP contribution >= 0.6 is 0 Å². The first-order chi connectivity index (χ1) is 30.7. The van der Waals surface area contributed by atoms with Crippen LogP contribution in [0.2, 0.25) is 0 Å². The average Bonchev–Trinajstić information content (AvgIpc) is 3.20. The zero-order valence-electron chi connectivity index (χ0n) is 42.1. The van der Waals surface area contributed by atoms with E-state index in [-0.39, 0.29) is 18.5 Å². The van der Waals surface area contributed by atoms with Crippen LogP contribution < -0.4 is 20.6 Å². The first-order valence-corrected chi connectivity index (χ1v) is 23.2. The van der Waals surface area contributed by atoms with Crippen LogP contribution in [-0.4, -0.2) is 70.6 Å². The van der Waals surface area contributed by atoms with Gasteiger partial charge < -0.3 is 40.0 Å². The standard InChI is InChI=1S/2C23H29NO4.C9H21N/c2*1-16(21(25)26)14-20(24-22(27)28-23(2,3)4)15-17-10-12-19(13-11-17)18-8-6-5-7-9-18;1-7-10(8(2)3)9(4,5)6/h2*5-13,16,20H,14-15H2,1-4H3,(H,24,27)(H,25,26);8H,7H2,1-6H3/t2*16-,20?;/m11./s1. The number of nitrogens with one attached hydrogen (secondary N) is 3. The number of amides is 2. The Bertz CT molecular complexity index is 1910. The van der Waals surface area contributed by atoms with Crippen molar-refractivity contribution in [3.63, 3.8) is 0 Å². The zero-order valence-corrected chi connectivity index (χ0v) is 42.1. The Hall–Kier alpha value is -5.68. The van der Waals surface area contributed by atoms with Crippen molar-refractivity contribution >= 4 is 24.1 Å². The topological polar surface area (TPSA) is 159 Å². The largest absolute Gasteiger partial charge is 0.550 e. The molecule has 0 aliphatic heterocycles. The minimum absolute atomic E-state index is 0.266. The van der Waals surface area contributed by atoms with Crippen molar-refractivity contribution in [3.05, 3.63) is 120 Å². The van der Waals surface area contributed by atoms with Crippen LogP contribution in [0.25, 0.3) is 22.3 Å². The molecule has 4 rings (SSSR count). The van der Waals surface area contributed by atoms with Gasteiger partial charge in [0.2, 0.25) is 0 Å². The highest BCUT2D eigenvalue weighted by Crippen LogP contribution is 2.23. The molecule has 0 spiro atoms. The quantitative estimate of drug-likeness (QED) is 0.0866. The number of benzene rings is 4. The number of rotatable bonds is 16. The smallest absolute Gasteiger partial charge is 0.407 e. The lowest BCUT2D eigenvalue weighted by atomic mass is 9.95. The highest BCUT2D eigenvalue weighted by atomic mass is 16.6. The van der Waals surface area contributed by atoms with E-state index in [1.807, 2.05) is 97.1 Å². The SMILES string of the molecule is CC[NH+](C(C)C)C(C)(C)C.C[C@H](CC(Cc1ccc(-c2ccccc2)cc1)NC(=O)OC(C)(C)C)C(=O)O.C[C@H](CC(Cc1ccc(-c2ccccc2)cc1)NC(=O)OC(C)(C)C)C(=O)[O-]. The van der Waals surface area contributed by atoms with Crippen molar-refractivity contribution in [2.75, 3.05) is 6.54 Å². The van der Waals surface area contributed by atoms with E-state index in [4.69, 9.17) is 9.47 Å². The lowest BCUT2D eigenvalue weighted by molar-refractivity contribution is -0.964. The second-order valence-corrected chi connectivity index (χ2v) is 20.4. The summed E-state index contributed by atoms with van der Waals surface area (Å²) in [5, 5.41) is 26.0. The molecule has 3 unspecified atom stereocenters. The van der Waals surface area contributed by atoms with Crippen LogP contribution in [0.3, 0.4) is 0 Å². The molecule has 0 aliphatic rings. The lowest BCUT2D eigenvalue weighted by Crippen LogP contribution is -3.21. The van der Waals surface area contributed by atoms with Crippen LogP contribution in [0.4, 0.5) is 9.59 Å². The molecule has 362 valence electrons. The predicted molar refractivity (Wildman–Crippen MR) is 264 cm³/mol. The van der Waals surface area contributed by atoms with Crippen LogP contribution in [0, 0.1) is 11.8 Å². The number of carbonyl (C=O) groups is 4. The minimum atomic E-state index is -1.13. The number of alkyl carbamates (subject to hydrolysis) is 2. The maximum Gasteiger partial charge on any atom is 0.407 e. The summed E-state index contributed by atoms with van der Waals surface area (Å²) in [6, 6.07) is 36.3. The first kappa shape index (κ1) is 56.4. The van der Waals surface area contributed by atoms with E-state index in [0.29, 0.717) is 24.8 Å². The van der Waals surface area contributed by atoms with Crippen molar-refractivity contribution < 1.29 is 43.8 Å². The summed E-state index contributed by atoms with van der Waals surface area (Å²) in [6.07, 6.45) is 0.550. The molecule has 0 saturated carbocycles. The summed E-state index contributed by atoms with van der Waals surface area (Å²) < 4.78 is 10.6. The summed E-state index contributed by atoms with van der Waals surface area (Å²) in [5.74, 6) is -3.25. The minimum Gasteiger partial charge on any atom is -0.550 e. The zero-order chi connectivity index (χ0) is 49.8. The van der Waals surface area contributed by atoms with E-state index in [2.05, 4.69) is 64.3 Å². The average molecular weight is 910 g/mol. The van der Waals surface area contributed by atoms with Gasteiger partial charge in [0.1, 0.15) is 11.2 Å². The molecule has 66 heavy (non-hydrogen) atoms. The molecule has 0 bridgehead atoms. The molecule has 5 atom stereocenters. The Balaban J connectivity index is 0.000000377. The van der Waals surface area contributed by atoms with Crippen molar-refractivity contribution in [1.82, 2.24) is 10.6 Å². The van der Waals surface area contributed by atoms with E-state index in [1.54, 1.807) is 60.3 Å². The van der Waals surface area contributed by atoms with Crippen LogP contribution in [0.1, 0.15) is 121 Å². The molecule has 11 heteroatoms. The highest BCUT2D eigenvalue weighted by molar-refractivity contribution is 5.71. The van der Waals surface area contributed by atoms with Crippen molar-refractivity contribution in [2.45, 2.75) is 157 Å². The lowest BCUT2D eigenvalue weighted by Gasteiger charge is -2.34. The maximum atomic E-state index is 12.2. The first-order valence-electron chi connectivity index (χ1n) is 23.2. The fourth-order valence-electron chi connectivity index (χ4n) is 7.69. The van der Waals surface area contributed by atoms with Crippen molar-refractivity contribution in [2.24, 2.45) is 11.8 Å². The van der Waals surface area contributed by atoms with E-state index in [0.717, 1.165) is 39.4 Å². The van der Waals surface area contributed by atoms with Gasteiger partial charge in [0, 0.05) is 18.1 Å². The Morgan fingerprint density at radius 1 is 0.561 bits per heavy atom. The van der Waals surface area contributed by atoms with E-state index in [1.165, 1.54) is 6.54 Å². The molecule has 2 amide bonds. The molecule has 0 saturated heterocycles. The van der Waals surface area contributed by atoms with Crippen LogP contribution in [0.5, 0.6) is 0 Å². The Kier molecular flexibility index (Phi) is 22.6. The van der Waals surface area contributed by atoms with Gasteiger partial charge in [-0.05, 0) is 148 Å². The normalized spacial score (nSPS) is 13.8. The van der Waals surface area contributed by atoms with E-state index in [9.17, 15) is 29.4 Å². The molecular weight excluding hydrogens is 831 g/mol. The monoisotopic (exact) mass is 910 g/mol. The number of carbonyl (C=O) groups excluding carboxylic acids is 3. The number of hydrogen-bond donors (Lipinski definition) is 4. The van der Waals surface area contributed by atoms with Gasteiger partial charge in [0.05, 0.1) is 24.0 Å². The third-order valence-corrected chi connectivity index (χ3v) is 10.7. The van der Waals surface area contributed by atoms with E-state index < -0.39 is 47.2 Å². The molecule has 0 aromatic heterocycles. The van der Waals surface area contributed by atoms with Gasteiger partial charge in [-0.15, -0.1) is 0 Å². The molecule has 4 aromatic carbocycles. The molecule has 0 radical (unpaired) electrons. The highest BCUT2D eigenvalue weighted by Gasteiger charge is 2.26. The molecule has 0 fully saturated rings. The van der Waals surface area contributed by atoms with E-state index >= 15 is 0 Å². The van der Waals surface area contributed by atoms with Crippen LogP contribution in [-0.2, 0) is 31.9 Å². The molecule has 11 nitrogen and oxygen atoms in total. The third kappa shape index (κ3) is 22.5. The van der Waals surface area contributed by atoms with Gasteiger partial charge in [0.25, 0.3) is 0 Å². The molecule has 0 heterocycles. The van der Waals surface area contributed by atoms with Gasteiger partial charge in [0.15, 0.2) is 0 Å². The second-order valence-electron chi connectivity index (χ2n) is 20.4. The van der Waals surface area contributed by atoms with Crippen LogP contribution in [0.15, 0.2) is 109 Å². The summed E-state index contributed by atoms with van der Waals surface area (Å²) >= 11 is 0. The van der Waals surface area contributed by atoms with Gasteiger partial charge in [-0.2, -0.15) is 0 Å². The number of hydrogen-bond acceptors (Lipinski definition) is 7. The number of aliphatic carboxylic acids is 2. The number of carboxylic acids is 2. The van der Waals surface area contributed by atoms with Crippen molar-refractivity contribution in [3.8, 4) is 22.3 Å². The summed E-state index contributed by atoms with van der Waals surface area (Å²) in [5.41, 5.74) is 5.69. The fraction of sp³-hybridized carbons (Fsp3) is 0.491. The number of quaternary nitrogens is 1. The number of carboxylic acid groups (broad SMARTS) is 2. The molecule has 4 N–H and O–H groups in total. The van der Waals surface area contributed by atoms with Gasteiger partial charge in [-0.3, -0.25) is 4.79 Å². The second kappa shape index (κ2) is 26.5. The molecular formula is C55H79N3O8. The molecule has 0 aliphatic carbocycles. The summed E-state index contributed by atoms with van der Waals surface area (Å²) in [4.78, 5) is 48.4. The van der Waals surface area contributed by atoms with Crippen molar-refractivity contribution in [1.29, 1.82) is 0 Å². The van der Waals surface area contributed by atoms with Gasteiger partial charge in [-0.25, -0.2) is 9.59 Å². The van der Waals surface area contributed by atoms with Gasteiger partial charge in [-0.1, -0.05) is 123 Å². The maximum absolute atomic E-state index is 12.2. The Labute approximate surface area is 395 Å². The third-order valence-electron chi connectivity index (χ3n) is 10.7. The predicted octanol–water partition coefficient (Wildman–Crippen LogP) is 9.56. The summed E-state index contributed by atoms with van der Waals surface area (Å²) in [7, 11) is 0. The fourth-order valence-corrected chi connectivity index (χ4v) is 7.69. The Morgan fingerprint density at radius 3 is 1.15 bits per heavy atom. The summed E-state index contributed by atoms with van der Waals surface area (Å²) in [6.45, 7) is 28.9. The van der Waals surface area contributed by atoms with Gasteiger partial charge >= 0.3 is 18.2 Å².